The Balaban J connectivity index is 1.92. The third-order valence-electron chi connectivity index (χ3n) is 3.14. The fourth-order valence-corrected chi connectivity index (χ4v) is 4.25. The van der Waals surface area contributed by atoms with Crippen LogP contribution in [0.15, 0.2) is 33.4 Å². The Hall–Kier alpha value is -1.18. The number of nitrogens with one attached hydrogen (secondary N) is 1. The van der Waals surface area contributed by atoms with Crippen LogP contribution in [-0.2, 0) is 4.79 Å². The van der Waals surface area contributed by atoms with E-state index < -0.39 is 0 Å². The molecule has 0 aliphatic heterocycles. The first kappa shape index (κ1) is 17.2. The molecule has 2 amide bonds. The molecule has 118 valence electrons. The number of halogens is 1. The molecule has 2 heterocycles. The minimum absolute atomic E-state index is 0.00637. The molecule has 0 saturated carbocycles. The van der Waals surface area contributed by atoms with Gasteiger partial charge in [-0.1, -0.05) is 13.0 Å². The third kappa shape index (κ3) is 4.41. The smallest absolute Gasteiger partial charge is 0.264 e. The van der Waals surface area contributed by atoms with Crippen molar-refractivity contribution in [1.29, 1.82) is 0 Å². The minimum Gasteiger partial charge on any atom is -0.347 e. The van der Waals surface area contributed by atoms with Crippen LogP contribution in [0.3, 0.4) is 0 Å². The first-order valence-electron chi connectivity index (χ1n) is 6.84. The van der Waals surface area contributed by atoms with Gasteiger partial charge in [0.2, 0.25) is 5.91 Å². The average Bonchev–Trinajstić information content (AvgIpc) is 3.15. The summed E-state index contributed by atoms with van der Waals surface area (Å²) in [7, 11) is 1.64. The zero-order valence-corrected chi connectivity index (χ0v) is 15.6. The van der Waals surface area contributed by atoms with Gasteiger partial charge >= 0.3 is 0 Å². The molecule has 0 saturated heterocycles. The normalized spacial score (nSPS) is 12.0. The number of likely N-dealkylation sites (N-methyl/N-ethyl adjacent to an activating group) is 1. The van der Waals surface area contributed by atoms with E-state index in [1.165, 1.54) is 16.2 Å². The second-order valence-electron chi connectivity index (χ2n) is 4.81. The zero-order chi connectivity index (χ0) is 16.1. The predicted molar refractivity (Wildman–Crippen MR) is 94.5 cm³/mol. The second kappa shape index (κ2) is 7.89. The van der Waals surface area contributed by atoms with E-state index >= 15 is 0 Å². The van der Waals surface area contributed by atoms with Crippen LogP contribution in [0.1, 0.15) is 33.9 Å². The van der Waals surface area contributed by atoms with Crippen LogP contribution in [-0.4, -0.2) is 30.3 Å². The standard InChI is InChI=1S/C15H17BrN2O2S2/c1-3-10(11-5-4-8-21-11)17-14(19)9-18(2)15(20)12-6-7-13(16)22-12/h4-8,10H,3,9H2,1-2H3,(H,17,19). The number of rotatable bonds is 6. The molecule has 2 aromatic rings. The van der Waals surface area contributed by atoms with E-state index in [0.717, 1.165) is 15.1 Å². The van der Waals surface area contributed by atoms with Gasteiger partial charge in [-0.05, 0) is 45.9 Å². The summed E-state index contributed by atoms with van der Waals surface area (Å²) in [6.07, 6.45) is 0.821. The van der Waals surface area contributed by atoms with Gasteiger partial charge in [-0.3, -0.25) is 9.59 Å². The van der Waals surface area contributed by atoms with Crippen molar-refractivity contribution in [1.82, 2.24) is 10.2 Å². The number of hydrogen-bond donors (Lipinski definition) is 1. The first-order chi connectivity index (χ1) is 10.5. The maximum Gasteiger partial charge on any atom is 0.264 e. The Bertz CT molecular complexity index is 640. The monoisotopic (exact) mass is 400 g/mol. The summed E-state index contributed by atoms with van der Waals surface area (Å²) < 4.78 is 0.900. The number of carbonyl (C=O) groups excluding carboxylic acids is 2. The number of hydrogen-bond acceptors (Lipinski definition) is 4. The molecule has 4 nitrogen and oxygen atoms in total. The molecular weight excluding hydrogens is 384 g/mol. The van der Waals surface area contributed by atoms with E-state index in [9.17, 15) is 9.59 Å². The van der Waals surface area contributed by atoms with E-state index in [1.54, 1.807) is 24.5 Å². The number of amides is 2. The van der Waals surface area contributed by atoms with Crippen LogP contribution >= 0.6 is 38.6 Å². The van der Waals surface area contributed by atoms with Crippen molar-refractivity contribution in [2.24, 2.45) is 0 Å². The largest absolute Gasteiger partial charge is 0.347 e. The second-order valence-corrected chi connectivity index (χ2v) is 8.25. The molecule has 7 heteroatoms. The molecule has 0 aliphatic rings. The average molecular weight is 401 g/mol. The summed E-state index contributed by atoms with van der Waals surface area (Å²) >= 11 is 6.32. The Kier molecular flexibility index (Phi) is 6.16. The molecule has 0 radical (unpaired) electrons. The van der Waals surface area contributed by atoms with E-state index in [-0.39, 0.29) is 24.4 Å². The quantitative estimate of drug-likeness (QED) is 0.798. The van der Waals surface area contributed by atoms with Crippen molar-refractivity contribution in [2.45, 2.75) is 19.4 Å². The van der Waals surface area contributed by atoms with Crippen molar-refractivity contribution < 1.29 is 9.59 Å². The van der Waals surface area contributed by atoms with Gasteiger partial charge in [-0.15, -0.1) is 22.7 Å². The van der Waals surface area contributed by atoms with E-state index in [4.69, 9.17) is 0 Å². The van der Waals surface area contributed by atoms with Crippen molar-refractivity contribution >= 4 is 50.4 Å². The molecule has 2 aromatic heterocycles. The topological polar surface area (TPSA) is 49.4 Å². The molecular formula is C15H17BrN2O2S2. The van der Waals surface area contributed by atoms with Crippen LogP contribution in [0.5, 0.6) is 0 Å². The fraction of sp³-hybridized carbons (Fsp3) is 0.333. The molecule has 1 atom stereocenters. The lowest BCUT2D eigenvalue weighted by molar-refractivity contribution is -0.122. The Labute approximate surface area is 146 Å². The number of carbonyl (C=O) groups is 2. The van der Waals surface area contributed by atoms with Gasteiger partial charge in [-0.2, -0.15) is 0 Å². The maximum absolute atomic E-state index is 12.2. The Morgan fingerprint density at radius 1 is 1.36 bits per heavy atom. The summed E-state index contributed by atoms with van der Waals surface area (Å²) in [6.45, 7) is 2.08. The predicted octanol–water partition coefficient (Wildman–Crippen LogP) is 3.91. The van der Waals surface area contributed by atoms with Crippen molar-refractivity contribution in [3.63, 3.8) is 0 Å². The van der Waals surface area contributed by atoms with E-state index in [1.807, 2.05) is 30.5 Å². The highest BCUT2D eigenvalue weighted by Crippen LogP contribution is 2.23. The fourth-order valence-electron chi connectivity index (χ4n) is 2.01. The zero-order valence-electron chi connectivity index (χ0n) is 12.3. The van der Waals surface area contributed by atoms with Crippen LogP contribution < -0.4 is 5.32 Å². The van der Waals surface area contributed by atoms with Gasteiger partial charge in [0.1, 0.15) is 0 Å². The summed E-state index contributed by atoms with van der Waals surface area (Å²) in [4.78, 5) is 27.6. The number of nitrogens with zero attached hydrogens (tertiary/aromatic N) is 1. The maximum atomic E-state index is 12.2. The Morgan fingerprint density at radius 2 is 2.14 bits per heavy atom. The highest BCUT2D eigenvalue weighted by Gasteiger charge is 2.19. The molecule has 1 unspecified atom stereocenters. The van der Waals surface area contributed by atoms with Gasteiger partial charge in [-0.25, -0.2) is 0 Å². The molecule has 0 fully saturated rings. The molecule has 0 aromatic carbocycles. The van der Waals surface area contributed by atoms with Crippen LogP contribution in [0.4, 0.5) is 0 Å². The van der Waals surface area contributed by atoms with Crippen LogP contribution in [0.25, 0.3) is 0 Å². The molecule has 0 bridgehead atoms. The summed E-state index contributed by atoms with van der Waals surface area (Å²) in [5, 5.41) is 4.98. The summed E-state index contributed by atoms with van der Waals surface area (Å²) in [6, 6.07) is 7.57. The van der Waals surface area contributed by atoms with Gasteiger partial charge in [0, 0.05) is 11.9 Å². The van der Waals surface area contributed by atoms with Gasteiger partial charge in [0.25, 0.3) is 5.91 Å². The van der Waals surface area contributed by atoms with Gasteiger partial charge in [0.05, 0.1) is 21.3 Å². The molecule has 0 spiro atoms. The summed E-state index contributed by atoms with van der Waals surface area (Å²) in [5.41, 5.74) is 0. The van der Waals surface area contributed by atoms with Gasteiger partial charge < -0.3 is 10.2 Å². The molecule has 2 rings (SSSR count). The van der Waals surface area contributed by atoms with Crippen molar-refractivity contribution in [3.05, 3.63) is 43.2 Å². The van der Waals surface area contributed by atoms with Crippen molar-refractivity contribution in [2.75, 3.05) is 13.6 Å². The van der Waals surface area contributed by atoms with Crippen LogP contribution in [0, 0.1) is 0 Å². The molecule has 0 aliphatic carbocycles. The lowest BCUT2D eigenvalue weighted by Gasteiger charge is -2.19. The lowest BCUT2D eigenvalue weighted by Crippen LogP contribution is -2.39. The van der Waals surface area contributed by atoms with E-state index in [0.29, 0.717) is 4.88 Å². The van der Waals surface area contributed by atoms with E-state index in [2.05, 4.69) is 21.2 Å². The lowest BCUT2D eigenvalue weighted by atomic mass is 10.2. The van der Waals surface area contributed by atoms with Crippen LogP contribution in [0.2, 0.25) is 0 Å². The first-order valence-corrected chi connectivity index (χ1v) is 9.33. The highest BCUT2D eigenvalue weighted by atomic mass is 79.9. The SMILES string of the molecule is CCC(NC(=O)CN(C)C(=O)c1ccc(Br)s1)c1cccs1. The third-order valence-corrected chi connectivity index (χ3v) is 5.74. The summed E-state index contributed by atoms with van der Waals surface area (Å²) in [5.74, 6) is -0.290. The molecule has 1 N–H and O–H groups in total. The Morgan fingerprint density at radius 3 is 2.68 bits per heavy atom. The highest BCUT2D eigenvalue weighted by molar-refractivity contribution is 9.11. The van der Waals surface area contributed by atoms with Gasteiger partial charge in [0.15, 0.2) is 0 Å². The minimum atomic E-state index is -0.147. The number of thiophene rings is 2. The molecule has 22 heavy (non-hydrogen) atoms. The van der Waals surface area contributed by atoms with Crippen molar-refractivity contribution in [3.8, 4) is 0 Å².